The molecule has 1 fully saturated rings. The fourth-order valence-electron chi connectivity index (χ4n) is 5.05. The van der Waals surface area contributed by atoms with Gasteiger partial charge in [-0.15, -0.1) is 0 Å². The Morgan fingerprint density at radius 2 is 1.91 bits per heavy atom. The van der Waals surface area contributed by atoms with Gasteiger partial charge in [-0.1, -0.05) is 12.1 Å². The lowest BCUT2D eigenvalue weighted by atomic mass is 9.86. The van der Waals surface area contributed by atoms with E-state index in [4.69, 9.17) is 15.2 Å². The smallest absolute Gasteiger partial charge is 0.253 e. The Labute approximate surface area is 197 Å². The first kappa shape index (κ1) is 21.6. The van der Waals surface area contributed by atoms with Crippen molar-refractivity contribution >= 4 is 5.91 Å². The molecule has 33 heavy (non-hydrogen) atoms. The quantitative estimate of drug-likeness (QED) is 0.605. The first-order valence-electron chi connectivity index (χ1n) is 11.7. The normalized spacial score (nSPS) is 16.3. The van der Waals surface area contributed by atoms with E-state index in [2.05, 4.69) is 22.8 Å². The summed E-state index contributed by atoms with van der Waals surface area (Å²) in [7, 11) is 0. The van der Waals surface area contributed by atoms with Gasteiger partial charge in [0.25, 0.3) is 5.91 Å². The third kappa shape index (κ3) is 3.68. The molecule has 0 bridgehead atoms. The number of nitrogens with two attached hydrogens (primary N) is 1. The molecule has 6 heteroatoms. The average Bonchev–Trinajstić information content (AvgIpc) is 3.26. The number of hydrogen-bond donors (Lipinski definition) is 1. The van der Waals surface area contributed by atoms with E-state index in [0.717, 1.165) is 47.0 Å². The van der Waals surface area contributed by atoms with Gasteiger partial charge >= 0.3 is 0 Å². The zero-order valence-corrected chi connectivity index (χ0v) is 19.5. The van der Waals surface area contributed by atoms with Gasteiger partial charge in [0.1, 0.15) is 11.5 Å². The van der Waals surface area contributed by atoms with Crippen LogP contribution in [-0.4, -0.2) is 34.6 Å². The zero-order chi connectivity index (χ0) is 23.2. The Morgan fingerprint density at radius 3 is 2.61 bits per heavy atom. The predicted octanol–water partition coefficient (Wildman–Crippen LogP) is 5.05. The summed E-state index contributed by atoms with van der Waals surface area (Å²) in [6.45, 7) is 7.71. The lowest BCUT2D eigenvalue weighted by molar-refractivity contribution is -0.00951. The number of fused-ring (bicyclic) bond motifs is 4. The number of carbonyl (C=O) groups excluding carboxylic acids is 1. The maximum Gasteiger partial charge on any atom is 0.253 e. The molecule has 6 nitrogen and oxygen atoms in total. The van der Waals surface area contributed by atoms with Gasteiger partial charge in [-0.3, -0.25) is 4.79 Å². The number of para-hydroxylation sites is 2. The number of likely N-dealkylation sites (tertiary alicyclic amines) is 1. The van der Waals surface area contributed by atoms with E-state index < -0.39 is 5.60 Å². The van der Waals surface area contributed by atoms with Crippen LogP contribution >= 0.6 is 0 Å². The molecule has 2 aliphatic rings. The van der Waals surface area contributed by atoms with E-state index >= 15 is 0 Å². The molecule has 176 valence electrons. The summed E-state index contributed by atoms with van der Waals surface area (Å²) in [5.74, 6) is 1.75. The van der Waals surface area contributed by atoms with Crippen LogP contribution in [0.15, 0.2) is 54.6 Å². The molecule has 0 saturated carbocycles. The minimum atomic E-state index is -0.455. The number of rotatable bonds is 4. The predicted molar refractivity (Wildman–Crippen MR) is 132 cm³/mol. The van der Waals surface area contributed by atoms with Gasteiger partial charge in [-0.25, -0.2) is 0 Å². The maximum atomic E-state index is 13.3. The Bertz CT molecular complexity index is 1200. The van der Waals surface area contributed by atoms with Crippen molar-refractivity contribution in [1.82, 2.24) is 9.47 Å². The molecule has 1 amide bonds. The number of aryl methyl sites for hydroxylation is 1. The molecule has 3 heterocycles. The van der Waals surface area contributed by atoms with E-state index in [9.17, 15) is 4.79 Å². The summed E-state index contributed by atoms with van der Waals surface area (Å²) in [6, 6.07) is 18.0. The van der Waals surface area contributed by atoms with Gasteiger partial charge in [0.15, 0.2) is 5.60 Å². The number of amides is 1. The van der Waals surface area contributed by atoms with Crippen molar-refractivity contribution in [3.05, 3.63) is 77.1 Å². The SMILES string of the molecule is Cc1cc(C(=O)N2CCC3(CC2)Oc2ccccc2-n2c(CN)ccc23)ccc1OC(C)C.[HH].[HH]. The highest BCUT2D eigenvalue weighted by molar-refractivity contribution is 5.94. The molecule has 3 aromatic rings. The van der Waals surface area contributed by atoms with E-state index in [0.29, 0.717) is 25.2 Å². The van der Waals surface area contributed by atoms with Crippen LogP contribution in [0.5, 0.6) is 11.5 Å². The van der Waals surface area contributed by atoms with E-state index in [1.807, 2.05) is 62.1 Å². The molecule has 1 spiro atoms. The zero-order valence-electron chi connectivity index (χ0n) is 19.5. The maximum absolute atomic E-state index is 13.3. The van der Waals surface area contributed by atoms with Gasteiger partial charge in [0.2, 0.25) is 0 Å². The van der Waals surface area contributed by atoms with Crippen LogP contribution < -0.4 is 15.2 Å². The second-order valence-corrected chi connectivity index (χ2v) is 9.25. The standard InChI is InChI=1S/C27H31N3O3.2H2/c1-18(2)32-23-10-8-20(16-19(23)3)26(31)29-14-12-27(13-15-29)25-11-9-21(17-28)30(25)22-6-4-5-7-24(22)33-27;;/h4-11,16,18H,12-15,17,28H2,1-3H3;2*1H. The number of nitrogens with zero attached hydrogens (tertiary/aromatic N) is 2. The molecule has 0 unspecified atom stereocenters. The Morgan fingerprint density at radius 1 is 1.15 bits per heavy atom. The van der Waals surface area contributed by atoms with Crippen LogP contribution in [0, 0.1) is 6.92 Å². The topological polar surface area (TPSA) is 69.7 Å². The second-order valence-electron chi connectivity index (χ2n) is 9.25. The lowest BCUT2D eigenvalue weighted by Crippen LogP contribution is -2.50. The van der Waals surface area contributed by atoms with Crippen LogP contribution in [0.25, 0.3) is 5.69 Å². The molecule has 0 aliphatic carbocycles. The minimum absolute atomic E-state index is 0. The van der Waals surface area contributed by atoms with E-state index in [1.54, 1.807) is 0 Å². The number of ether oxygens (including phenoxy) is 2. The number of aromatic nitrogens is 1. The Kier molecular flexibility index (Phi) is 5.41. The molecule has 0 radical (unpaired) electrons. The lowest BCUT2D eigenvalue weighted by Gasteiger charge is -2.45. The molecule has 2 N–H and O–H groups in total. The van der Waals surface area contributed by atoms with Crippen molar-refractivity contribution in [3.8, 4) is 17.2 Å². The average molecular weight is 450 g/mol. The van der Waals surface area contributed by atoms with Crippen LogP contribution in [0.4, 0.5) is 0 Å². The summed E-state index contributed by atoms with van der Waals surface area (Å²) in [4.78, 5) is 15.2. The van der Waals surface area contributed by atoms with Gasteiger partial charge in [0, 0.05) is 46.6 Å². The second kappa shape index (κ2) is 8.27. The molecule has 5 rings (SSSR count). The van der Waals surface area contributed by atoms with Gasteiger partial charge < -0.3 is 24.7 Å². The Hall–Kier alpha value is -3.25. The molecular weight excluding hydrogens is 414 g/mol. The van der Waals surface area contributed by atoms with Crippen molar-refractivity contribution < 1.29 is 17.1 Å². The summed E-state index contributed by atoms with van der Waals surface area (Å²) in [5, 5.41) is 0. The largest absolute Gasteiger partial charge is 0.491 e. The first-order valence-corrected chi connectivity index (χ1v) is 11.7. The van der Waals surface area contributed by atoms with Gasteiger partial charge in [-0.2, -0.15) is 0 Å². The van der Waals surface area contributed by atoms with Crippen LogP contribution in [0.2, 0.25) is 0 Å². The van der Waals surface area contributed by atoms with Crippen molar-refractivity contribution in [2.24, 2.45) is 5.73 Å². The highest BCUT2D eigenvalue weighted by atomic mass is 16.5. The van der Waals surface area contributed by atoms with Crippen molar-refractivity contribution in [2.45, 2.75) is 51.9 Å². The minimum Gasteiger partial charge on any atom is -0.491 e. The highest BCUT2D eigenvalue weighted by Crippen LogP contribution is 2.46. The fourth-order valence-corrected chi connectivity index (χ4v) is 5.05. The third-order valence-corrected chi connectivity index (χ3v) is 6.69. The van der Waals surface area contributed by atoms with Crippen molar-refractivity contribution in [2.75, 3.05) is 13.1 Å². The molecule has 2 aromatic carbocycles. The molecular formula is C27H35N3O3. The van der Waals surface area contributed by atoms with E-state index in [1.165, 1.54) is 0 Å². The third-order valence-electron chi connectivity index (χ3n) is 6.69. The number of benzene rings is 2. The summed E-state index contributed by atoms with van der Waals surface area (Å²) in [6.07, 6.45) is 1.56. The molecule has 0 atom stereocenters. The monoisotopic (exact) mass is 449 g/mol. The van der Waals surface area contributed by atoms with Crippen molar-refractivity contribution in [1.29, 1.82) is 0 Å². The molecule has 1 saturated heterocycles. The molecule has 2 aliphatic heterocycles. The number of carbonyl (C=O) groups is 1. The molecule has 1 aromatic heterocycles. The van der Waals surface area contributed by atoms with Crippen molar-refractivity contribution in [3.63, 3.8) is 0 Å². The highest BCUT2D eigenvalue weighted by Gasteiger charge is 2.45. The van der Waals surface area contributed by atoms with Crippen LogP contribution in [0.3, 0.4) is 0 Å². The van der Waals surface area contributed by atoms with Gasteiger partial charge in [-0.05, 0) is 68.8 Å². The number of piperidine rings is 1. The summed E-state index contributed by atoms with van der Waals surface area (Å²) >= 11 is 0. The fraction of sp³-hybridized carbons (Fsp3) is 0.370. The van der Waals surface area contributed by atoms with Gasteiger partial charge in [0.05, 0.1) is 17.5 Å². The number of hydrogen-bond acceptors (Lipinski definition) is 4. The summed E-state index contributed by atoms with van der Waals surface area (Å²) in [5.41, 5.74) is 10.5. The first-order chi connectivity index (χ1) is 15.9. The van der Waals surface area contributed by atoms with Crippen LogP contribution in [0.1, 0.15) is 56.9 Å². The Balaban J connectivity index is 0.00000171. The summed E-state index contributed by atoms with van der Waals surface area (Å²) < 4.78 is 14.7. The van der Waals surface area contributed by atoms with E-state index in [-0.39, 0.29) is 14.9 Å². The van der Waals surface area contributed by atoms with Crippen LogP contribution in [-0.2, 0) is 12.1 Å².